The Labute approximate surface area is 156 Å². The molecule has 0 atom stereocenters. The van der Waals surface area contributed by atoms with Gasteiger partial charge in [-0.15, -0.1) is 0 Å². The van der Waals surface area contributed by atoms with Crippen LogP contribution in [0.1, 0.15) is 29.0 Å². The third kappa shape index (κ3) is 4.63. The molecule has 1 aromatic carbocycles. The maximum Gasteiger partial charge on any atom is 0.269 e. The number of hydrogen-bond donors (Lipinski definition) is 2. The molecule has 1 saturated heterocycles. The summed E-state index contributed by atoms with van der Waals surface area (Å²) in [6.45, 7) is 1.03. The normalized spacial score (nSPS) is 15.1. The Morgan fingerprint density at radius 1 is 1.04 bits per heavy atom. The van der Waals surface area contributed by atoms with Crippen molar-refractivity contribution in [2.24, 2.45) is 0 Å². The highest BCUT2D eigenvalue weighted by atomic mass is 32.2. The maximum atomic E-state index is 12.5. The molecule has 27 heavy (non-hydrogen) atoms. The molecular weight excluding hydrogens is 370 g/mol. The summed E-state index contributed by atoms with van der Waals surface area (Å²) in [4.78, 5) is 23.9. The van der Waals surface area contributed by atoms with Crippen molar-refractivity contribution in [1.29, 1.82) is 0 Å². The van der Waals surface area contributed by atoms with Crippen LogP contribution < -0.4 is 10.9 Å². The van der Waals surface area contributed by atoms with Gasteiger partial charge in [-0.1, -0.05) is 0 Å². The Balaban J connectivity index is 1.56. The van der Waals surface area contributed by atoms with Crippen molar-refractivity contribution in [2.75, 3.05) is 13.1 Å². The van der Waals surface area contributed by atoms with Gasteiger partial charge in [0.15, 0.2) is 0 Å². The van der Waals surface area contributed by atoms with Crippen LogP contribution in [0, 0.1) is 0 Å². The van der Waals surface area contributed by atoms with Gasteiger partial charge in [-0.2, -0.15) is 4.31 Å². The second-order valence-corrected chi connectivity index (χ2v) is 7.87. The number of nitrogens with one attached hydrogen (secondary N) is 2. The lowest BCUT2D eigenvalue weighted by Gasteiger charge is -2.15. The molecule has 1 aliphatic rings. The zero-order chi connectivity index (χ0) is 19.3. The average molecular weight is 389 g/mol. The minimum absolute atomic E-state index is 0.145. The molecular formula is C18H19N3O5S. The lowest BCUT2D eigenvalue weighted by atomic mass is 10.2. The second-order valence-electron chi connectivity index (χ2n) is 5.93. The molecule has 2 aromatic rings. The Morgan fingerprint density at radius 2 is 1.74 bits per heavy atom. The van der Waals surface area contributed by atoms with E-state index in [9.17, 15) is 18.0 Å². The number of carbonyl (C=O) groups excluding carboxylic acids is 2. The van der Waals surface area contributed by atoms with E-state index < -0.39 is 21.8 Å². The highest BCUT2D eigenvalue weighted by Crippen LogP contribution is 2.21. The number of carbonyl (C=O) groups is 2. The predicted molar refractivity (Wildman–Crippen MR) is 97.8 cm³/mol. The van der Waals surface area contributed by atoms with Crippen LogP contribution in [0.15, 0.2) is 58.1 Å². The fourth-order valence-corrected chi connectivity index (χ4v) is 4.15. The molecule has 9 heteroatoms. The topological polar surface area (TPSA) is 109 Å². The van der Waals surface area contributed by atoms with Gasteiger partial charge in [0.1, 0.15) is 5.76 Å². The second kappa shape index (κ2) is 8.19. The first-order valence-corrected chi connectivity index (χ1v) is 9.83. The van der Waals surface area contributed by atoms with Crippen molar-refractivity contribution in [3.05, 3.63) is 60.1 Å². The SMILES string of the molecule is O=C(/C=C/c1ccco1)NNC(=O)c1ccc(S(=O)(=O)N2CCCC2)cc1. The summed E-state index contributed by atoms with van der Waals surface area (Å²) < 4.78 is 31.4. The number of rotatable bonds is 5. The van der Waals surface area contributed by atoms with Crippen LogP contribution in [0.3, 0.4) is 0 Å². The first kappa shape index (κ1) is 18.9. The number of nitrogens with zero attached hydrogens (tertiary/aromatic N) is 1. The van der Waals surface area contributed by atoms with Gasteiger partial charge in [-0.25, -0.2) is 8.42 Å². The third-order valence-corrected chi connectivity index (χ3v) is 5.97. The summed E-state index contributed by atoms with van der Waals surface area (Å²) >= 11 is 0. The minimum atomic E-state index is -3.52. The first-order valence-electron chi connectivity index (χ1n) is 8.39. The van der Waals surface area contributed by atoms with Gasteiger partial charge < -0.3 is 4.42 Å². The Morgan fingerprint density at radius 3 is 2.37 bits per heavy atom. The van der Waals surface area contributed by atoms with Gasteiger partial charge in [0.2, 0.25) is 10.0 Å². The lowest BCUT2D eigenvalue weighted by Crippen LogP contribution is -2.40. The standard InChI is InChI=1S/C18H19N3O5S/c22-17(10-7-15-4-3-13-26-15)19-20-18(23)14-5-8-16(9-6-14)27(24,25)21-11-1-2-12-21/h3-10,13H,1-2,11-12H2,(H,19,22)(H,20,23)/b10-7+. The number of benzene rings is 1. The summed E-state index contributed by atoms with van der Waals surface area (Å²) in [6, 6.07) is 8.96. The highest BCUT2D eigenvalue weighted by Gasteiger charge is 2.27. The predicted octanol–water partition coefficient (Wildman–Crippen LogP) is 1.54. The Kier molecular flexibility index (Phi) is 5.72. The van der Waals surface area contributed by atoms with E-state index in [0.29, 0.717) is 18.8 Å². The molecule has 0 unspecified atom stereocenters. The van der Waals surface area contributed by atoms with E-state index in [1.54, 1.807) is 12.1 Å². The van der Waals surface area contributed by atoms with Gasteiger partial charge in [-0.3, -0.25) is 20.4 Å². The minimum Gasteiger partial charge on any atom is -0.465 e. The summed E-state index contributed by atoms with van der Waals surface area (Å²) in [5, 5.41) is 0. The number of hydrogen-bond acceptors (Lipinski definition) is 5. The number of furan rings is 1. The Bertz CT molecular complexity index is 928. The molecule has 2 amide bonds. The first-order chi connectivity index (χ1) is 13.0. The third-order valence-electron chi connectivity index (χ3n) is 4.06. The molecule has 2 heterocycles. The van der Waals surface area contributed by atoms with Crippen molar-refractivity contribution in [3.8, 4) is 0 Å². The number of hydrazine groups is 1. The van der Waals surface area contributed by atoms with E-state index in [1.807, 2.05) is 0 Å². The van der Waals surface area contributed by atoms with Gasteiger partial charge in [0.05, 0.1) is 11.2 Å². The smallest absolute Gasteiger partial charge is 0.269 e. The molecule has 1 aromatic heterocycles. The fourth-order valence-electron chi connectivity index (χ4n) is 2.63. The van der Waals surface area contributed by atoms with Crippen LogP contribution in [0.5, 0.6) is 0 Å². The summed E-state index contributed by atoms with van der Waals surface area (Å²) in [5.41, 5.74) is 4.73. The fraction of sp³-hybridized carbons (Fsp3) is 0.222. The van der Waals surface area contributed by atoms with Crippen molar-refractivity contribution in [2.45, 2.75) is 17.7 Å². The lowest BCUT2D eigenvalue weighted by molar-refractivity contribution is -0.117. The van der Waals surface area contributed by atoms with Crippen molar-refractivity contribution >= 4 is 27.9 Å². The van der Waals surface area contributed by atoms with Crippen LogP contribution in [-0.4, -0.2) is 37.6 Å². The van der Waals surface area contributed by atoms with E-state index in [0.717, 1.165) is 12.8 Å². The van der Waals surface area contributed by atoms with Crippen LogP contribution >= 0.6 is 0 Å². The van der Waals surface area contributed by atoms with E-state index in [1.165, 1.54) is 47.0 Å². The van der Waals surface area contributed by atoms with Crippen molar-refractivity contribution in [3.63, 3.8) is 0 Å². The van der Waals surface area contributed by atoms with Gasteiger partial charge in [-0.05, 0) is 55.3 Å². The van der Waals surface area contributed by atoms with Crippen LogP contribution in [0.4, 0.5) is 0 Å². The molecule has 2 N–H and O–H groups in total. The van der Waals surface area contributed by atoms with E-state index in [4.69, 9.17) is 4.42 Å². The molecule has 0 radical (unpaired) electrons. The molecule has 3 rings (SSSR count). The maximum absolute atomic E-state index is 12.5. The van der Waals surface area contributed by atoms with E-state index >= 15 is 0 Å². The molecule has 142 valence electrons. The molecule has 1 aliphatic heterocycles. The summed E-state index contributed by atoms with van der Waals surface area (Å²) in [5.74, 6) is -0.584. The zero-order valence-electron chi connectivity index (χ0n) is 14.4. The average Bonchev–Trinajstić information content (AvgIpc) is 3.38. The Hall–Kier alpha value is -2.91. The molecule has 8 nitrogen and oxygen atoms in total. The van der Waals surface area contributed by atoms with Gasteiger partial charge in [0.25, 0.3) is 11.8 Å². The monoisotopic (exact) mass is 389 g/mol. The number of amides is 2. The van der Waals surface area contributed by atoms with Crippen LogP contribution in [0.25, 0.3) is 6.08 Å². The largest absolute Gasteiger partial charge is 0.465 e. The quantitative estimate of drug-likeness (QED) is 0.596. The van der Waals surface area contributed by atoms with Gasteiger partial charge >= 0.3 is 0 Å². The van der Waals surface area contributed by atoms with Crippen LogP contribution in [0.2, 0.25) is 0 Å². The molecule has 0 bridgehead atoms. The van der Waals surface area contributed by atoms with Gasteiger partial charge in [0, 0.05) is 24.7 Å². The van der Waals surface area contributed by atoms with Crippen LogP contribution in [-0.2, 0) is 14.8 Å². The summed E-state index contributed by atoms with van der Waals surface area (Å²) in [6.07, 6.45) is 5.86. The molecule has 1 fully saturated rings. The summed E-state index contributed by atoms with van der Waals surface area (Å²) in [7, 11) is -3.52. The zero-order valence-corrected chi connectivity index (χ0v) is 15.2. The molecule has 0 spiro atoms. The van der Waals surface area contributed by atoms with Crippen molar-refractivity contribution < 1.29 is 22.4 Å². The molecule has 0 saturated carbocycles. The highest BCUT2D eigenvalue weighted by molar-refractivity contribution is 7.89. The van der Waals surface area contributed by atoms with E-state index in [2.05, 4.69) is 10.9 Å². The number of sulfonamides is 1. The molecule has 0 aliphatic carbocycles. The van der Waals surface area contributed by atoms with E-state index in [-0.39, 0.29) is 10.5 Å². The van der Waals surface area contributed by atoms with Crippen molar-refractivity contribution in [1.82, 2.24) is 15.2 Å².